The van der Waals surface area contributed by atoms with E-state index >= 15 is 0 Å². The Morgan fingerprint density at radius 1 is 1.36 bits per heavy atom. The van der Waals surface area contributed by atoms with E-state index in [9.17, 15) is 13.6 Å². The molecule has 1 aromatic rings. The summed E-state index contributed by atoms with van der Waals surface area (Å²) in [6, 6.07) is 9.54. The molecule has 0 saturated carbocycles. The molecule has 0 saturated heterocycles. The molecule has 6 nitrogen and oxygen atoms in total. The van der Waals surface area contributed by atoms with Crippen LogP contribution in [0.15, 0.2) is 47.3 Å². The molecule has 2 rings (SSSR count). The van der Waals surface area contributed by atoms with Gasteiger partial charge in [-0.15, -0.1) is 0 Å². The molecule has 0 aromatic heterocycles. The predicted molar refractivity (Wildman–Crippen MR) is 87.4 cm³/mol. The third-order valence-corrected chi connectivity index (χ3v) is 3.81. The molecule has 25 heavy (non-hydrogen) atoms. The highest BCUT2D eigenvalue weighted by molar-refractivity contribution is 5.99. The summed E-state index contributed by atoms with van der Waals surface area (Å²) < 4.78 is 36.1. The molecule has 1 aliphatic heterocycles. The second kappa shape index (κ2) is 8.57. The molecule has 1 aromatic carbocycles. The quantitative estimate of drug-likeness (QED) is 0.524. The second-order valence-electron chi connectivity index (χ2n) is 5.65. The molecule has 1 aliphatic rings. The van der Waals surface area contributed by atoms with Crippen LogP contribution in [0.3, 0.4) is 0 Å². The van der Waals surface area contributed by atoms with Gasteiger partial charge in [0, 0.05) is 13.0 Å². The number of allylic oxidation sites excluding steroid dienone is 1. The number of carbonyl (C=O) groups is 1. The van der Waals surface area contributed by atoms with Gasteiger partial charge in [0.05, 0.1) is 5.71 Å². The van der Waals surface area contributed by atoms with Crippen LogP contribution in [0.2, 0.25) is 0 Å². The third-order valence-electron chi connectivity index (χ3n) is 3.81. The standard InChI is InChI=1S/C17H20F2N2O4/c18-15(19)17(20,16(22)23)7-4-8-21-13(14-10-24-11-25-14)9-12-5-2-1-3-6-12/h1-3,5-6,10,15H,4,7-9,11,20H2,(H,22,23). The van der Waals surface area contributed by atoms with Gasteiger partial charge in [0.15, 0.2) is 11.3 Å². The summed E-state index contributed by atoms with van der Waals surface area (Å²) in [5, 5.41) is 8.89. The van der Waals surface area contributed by atoms with Gasteiger partial charge in [-0.2, -0.15) is 0 Å². The molecule has 0 amide bonds. The molecular weight excluding hydrogens is 334 g/mol. The molecule has 0 spiro atoms. The third kappa shape index (κ3) is 4.99. The number of benzene rings is 1. The molecular formula is C17H20F2N2O4. The van der Waals surface area contributed by atoms with E-state index in [0.717, 1.165) is 5.56 Å². The summed E-state index contributed by atoms with van der Waals surface area (Å²) in [5.41, 5.74) is 4.35. The molecule has 8 heteroatoms. The normalized spacial score (nSPS) is 16.8. The van der Waals surface area contributed by atoms with Crippen LogP contribution in [0, 0.1) is 0 Å². The SMILES string of the molecule is NC(CCCN=C(Cc1ccccc1)C1=COCO1)(C(=O)O)C(F)F. The highest BCUT2D eigenvalue weighted by Gasteiger charge is 2.43. The van der Waals surface area contributed by atoms with Crippen LogP contribution < -0.4 is 5.73 Å². The van der Waals surface area contributed by atoms with Gasteiger partial charge in [-0.1, -0.05) is 30.3 Å². The van der Waals surface area contributed by atoms with E-state index in [2.05, 4.69) is 4.99 Å². The van der Waals surface area contributed by atoms with Gasteiger partial charge < -0.3 is 20.3 Å². The number of rotatable bonds is 9. The molecule has 3 N–H and O–H groups in total. The fourth-order valence-electron chi connectivity index (χ4n) is 2.30. The molecule has 0 fully saturated rings. The van der Waals surface area contributed by atoms with Crippen molar-refractivity contribution in [3.05, 3.63) is 47.9 Å². The molecule has 1 atom stereocenters. The number of hydrogen-bond acceptors (Lipinski definition) is 5. The number of aliphatic carboxylic acids is 1. The van der Waals surface area contributed by atoms with Crippen molar-refractivity contribution in [3.63, 3.8) is 0 Å². The molecule has 1 heterocycles. The number of aliphatic imine (C=N–C) groups is 1. The highest BCUT2D eigenvalue weighted by atomic mass is 19.3. The summed E-state index contributed by atoms with van der Waals surface area (Å²) in [6.07, 6.45) is -1.48. The Kier molecular flexibility index (Phi) is 6.46. The van der Waals surface area contributed by atoms with Gasteiger partial charge in [0.25, 0.3) is 6.43 Å². The van der Waals surface area contributed by atoms with Gasteiger partial charge in [-0.25, -0.2) is 13.6 Å². The smallest absolute Gasteiger partial charge is 0.329 e. The minimum atomic E-state index is -3.15. The zero-order chi connectivity index (χ0) is 18.3. The predicted octanol–water partition coefficient (Wildman–Crippen LogP) is 2.34. The maximum Gasteiger partial charge on any atom is 0.329 e. The topological polar surface area (TPSA) is 94.1 Å². The van der Waals surface area contributed by atoms with E-state index in [1.54, 1.807) is 0 Å². The first-order chi connectivity index (χ1) is 11.9. The Labute approximate surface area is 143 Å². The van der Waals surface area contributed by atoms with Crippen LogP contribution in [-0.2, 0) is 20.7 Å². The number of nitrogens with two attached hydrogens (primary N) is 1. The number of hydrogen-bond donors (Lipinski definition) is 2. The van der Waals surface area contributed by atoms with E-state index in [1.165, 1.54) is 6.26 Å². The monoisotopic (exact) mass is 354 g/mol. The fraction of sp³-hybridized carbons (Fsp3) is 0.412. The zero-order valence-corrected chi connectivity index (χ0v) is 13.5. The fourth-order valence-corrected chi connectivity index (χ4v) is 2.30. The lowest BCUT2D eigenvalue weighted by Crippen LogP contribution is -2.54. The van der Waals surface area contributed by atoms with Crippen molar-refractivity contribution in [1.29, 1.82) is 0 Å². The summed E-state index contributed by atoms with van der Waals surface area (Å²) in [6.45, 7) is 0.251. The lowest BCUT2D eigenvalue weighted by atomic mass is 9.95. The summed E-state index contributed by atoms with van der Waals surface area (Å²) in [7, 11) is 0. The molecule has 1 unspecified atom stereocenters. The van der Waals surface area contributed by atoms with Crippen molar-refractivity contribution in [2.75, 3.05) is 13.3 Å². The van der Waals surface area contributed by atoms with Crippen LogP contribution in [0.1, 0.15) is 18.4 Å². The summed E-state index contributed by atoms with van der Waals surface area (Å²) in [5.74, 6) is -1.24. The van der Waals surface area contributed by atoms with E-state index in [0.29, 0.717) is 17.9 Å². The Hall–Kier alpha value is -2.48. The largest absolute Gasteiger partial charge is 0.480 e. The summed E-state index contributed by atoms with van der Waals surface area (Å²) in [4.78, 5) is 15.3. The maximum absolute atomic E-state index is 12.9. The molecule has 0 radical (unpaired) electrons. The summed E-state index contributed by atoms with van der Waals surface area (Å²) >= 11 is 0. The van der Waals surface area contributed by atoms with Crippen LogP contribution in [0.5, 0.6) is 0 Å². The van der Waals surface area contributed by atoms with Crippen LogP contribution in [0.25, 0.3) is 0 Å². The van der Waals surface area contributed by atoms with Crippen molar-refractivity contribution in [2.45, 2.75) is 31.2 Å². The second-order valence-corrected chi connectivity index (χ2v) is 5.65. The number of alkyl halides is 2. The Balaban J connectivity index is 2.01. The number of nitrogens with zero attached hydrogens (tertiary/aromatic N) is 1. The average Bonchev–Trinajstić information content (AvgIpc) is 3.12. The van der Waals surface area contributed by atoms with Gasteiger partial charge in [0.1, 0.15) is 6.26 Å². The number of halogens is 2. The van der Waals surface area contributed by atoms with Crippen LogP contribution in [0.4, 0.5) is 8.78 Å². The van der Waals surface area contributed by atoms with E-state index < -0.39 is 17.9 Å². The van der Waals surface area contributed by atoms with Crippen molar-refractivity contribution < 1.29 is 28.2 Å². The first-order valence-corrected chi connectivity index (χ1v) is 7.76. The van der Waals surface area contributed by atoms with Gasteiger partial charge >= 0.3 is 5.97 Å². The zero-order valence-electron chi connectivity index (χ0n) is 13.5. The molecule has 0 bridgehead atoms. The van der Waals surface area contributed by atoms with Crippen molar-refractivity contribution in [2.24, 2.45) is 10.7 Å². The lowest BCUT2D eigenvalue weighted by molar-refractivity contribution is -0.150. The van der Waals surface area contributed by atoms with Crippen LogP contribution in [-0.4, -0.2) is 42.1 Å². The number of ether oxygens (including phenoxy) is 2. The highest BCUT2D eigenvalue weighted by Crippen LogP contribution is 2.20. The van der Waals surface area contributed by atoms with Crippen molar-refractivity contribution in [3.8, 4) is 0 Å². The van der Waals surface area contributed by atoms with Gasteiger partial charge in [-0.3, -0.25) is 4.99 Å². The first-order valence-electron chi connectivity index (χ1n) is 7.76. The van der Waals surface area contributed by atoms with E-state index in [1.807, 2.05) is 30.3 Å². The number of carboxylic acids is 1. The average molecular weight is 354 g/mol. The Morgan fingerprint density at radius 3 is 2.64 bits per heavy atom. The molecule has 0 aliphatic carbocycles. The van der Waals surface area contributed by atoms with E-state index in [-0.39, 0.29) is 26.2 Å². The minimum absolute atomic E-state index is 0.0967. The van der Waals surface area contributed by atoms with E-state index in [4.69, 9.17) is 20.3 Å². The Bertz CT molecular complexity index is 649. The Morgan fingerprint density at radius 2 is 2.08 bits per heavy atom. The van der Waals surface area contributed by atoms with Crippen LogP contribution >= 0.6 is 0 Å². The van der Waals surface area contributed by atoms with Gasteiger partial charge in [-0.05, 0) is 18.4 Å². The van der Waals surface area contributed by atoms with Crippen molar-refractivity contribution in [1.82, 2.24) is 0 Å². The van der Waals surface area contributed by atoms with Crippen molar-refractivity contribution >= 4 is 11.7 Å². The minimum Gasteiger partial charge on any atom is -0.480 e. The maximum atomic E-state index is 12.9. The lowest BCUT2D eigenvalue weighted by Gasteiger charge is -2.23. The first kappa shape index (κ1) is 18.9. The molecule has 136 valence electrons. The number of carboxylic acid groups (broad SMARTS) is 1. The van der Waals surface area contributed by atoms with Gasteiger partial charge in [0.2, 0.25) is 6.79 Å².